The first-order valence-corrected chi connectivity index (χ1v) is 9.84. The Bertz CT molecular complexity index is 1050. The van der Waals surface area contributed by atoms with Gasteiger partial charge in [0.05, 0.1) is 22.8 Å². The van der Waals surface area contributed by atoms with Gasteiger partial charge in [0, 0.05) is 10.6 Å². The average molecular weight is 498 g/mol. The zero-order chi connectivity index (χ0) is 20.8. The minimum absolute atomic E-state index is 0.202. The van der Waals surface area contributed by atoms with Gasteiger partial charge in [0.15, 0.2) is 6.61 Å². The van der Waals surface area contributed by atoms with Gasteiger partial charge in [0.2, 0.25) is 0 Å². The first-order valence-electron chi connectivity index (χ1n) is 8.30. The van der Waals surface area contributed by atoms with E-state index in [2.05, 4.69) is 26.5 Å². The molecule has 3 aromatic rings. The normalized spacial score (nSPS) is 10.9. The van der Waals surface area contributed by atoms with Crippen LogP contribution in [-0.4, -0.2) is 25.8 Å². The standard InChI is InChI=1S/C20H15BrCl2N2O4/c1-27-13-3-7-19(16(21)9-13)28-11-20(26)25-24-10-14-4-6-18(29-14)15-5-2-12(22)8-17(15)23/h2-10H,11H2,1H3,(H,25,26)/b24-10-. The third kappa shape index (κ3) is 5.76. The van der Waals surface area contributed by atoms with E-state index in [0.29, 0.717) is 43.1 Å². The number of nitrogens with one attached hydrogen (secondary N) is 1. The van der Waals surface area contributed by atoms with Gasteiger partial charge in [-0.05, 0) is 64.5 Å². The van der Waals surface area contributed by atoms with Crippen LogP contribution in [-0.2, 0) is 4.79 Å². The van der Waals surface area contributed by atoms with Crippen LogP contribution in [0.2, 0.25) is 10.0 Å². The summed E-state index contributed by atoms with van der Waals surface area (Å²) in [6.07, 6.45) is 1.38. The SMILES string of the molecule is COc1ccc(OCC(=O)N/N=C\c2ccc(-c3ccc(Cl)cc3Cl)o2)c(Br)c1. The number of nitrogens with zero attached hydrogens (tertiary/aromatic N) is 1. The maximum Gasteiger partial charge on any atom is 0.277 e. The third-order valence-corrected chi connectivity index (χ3v) is 4.87. The summed E-state index contributed by atoms with van der Waals surface area (Å²) in [6, 6.07) is 13.8. The number of carbonyl (C=O) groups is 1. The van der Waals surface area contributed by atoms with Crippen LogP contribution in [0.25, 0.3) is 11.3 Å². The van der Waals surface area contributed by atoms with Crippen molar-refractivity contribution in [2.75, 3.05) is 13.7 Å². The lowest BCUT2D eigenvalue weighted by Crippen LogP contribution is -2.24. The lowest BCUT2D eigenvalue weighted by molar-refractivity contribution is -0.123. The van der Waals surface area contributed by atoms with Crippen LogP contribution in [0, 0.1) is 0 Å². The maximum absolute atomic E-state index is 11.9. The molecule has 0 bridgehead atoms. The second kappa shape index (κ2) is 9.82. The molecule has 0 aliphatic carbocycles. The molecule has 0 unspecified atom stereocenters. The number of hydrogen-bond acceptors (Lipinski definition) is 5. The van der Waals surface area contributed by atoms with Gasteiger partial charge in [-0.15, -0.1) is 0 Å². The molecule has 0 radical (unpaired) electrons. The number of halogens is 3. The number of ether oxygens (including phenoxy) is 2. The van der Waals surface area contributed by atoms with Crippen molar-refractivity contribution in [3.8, 4) is 22.8 Å². The molecule has 9 heteroatoms. The molecule has 2 aromatic carbocycles. The molecule has 0 saturated carbocycles. The number of amides is 1. The molecule has 3 rings (SSSR count). The highest BCUT2D eigenvalue weighted by Gasteiger charge is 2.09. The monoisotopic (exact) mass is 496 g/mol. The van der Waals surface area contributed by atoms with Gasteiger partial charge < -0.3 is 13.9 Å². The summed E-state index contributed by atoms with van der Waals surface area (Å²) >= 11 is 15.4. The van der Waals surface area contributed by atoms with Crippen molar-refractivity contribution < 1.29 is 18.7 Å². The molecule has 0 spiro atoms. The summed E-state index contributed by atoms with van der Waals surface area (Å²) in [4.78, 5) is 11.9. The smallest absolute Gasteiger partial charge is 0.277 e. The van der Waals surface area contributed by atoms with Crippen LogP contribution >= 0.6 is 39.1 Å². The van der Waals surface area contributed by atoms with E-state index >= 15 is 0 Å². The Morgan fingerprint density at radius 1 is 1.21 bits per heavy atom. The van der Waals surface area contributed by atoms with E-state index in [4.69, 9.17) is 37.1 Å². The predicted octanol–water partition coefficient (Wildman–Crippen LogP) is 5.55. The largest absolute Gasteiger partial charge is 0.497 e. The van der Waals surface area contributed by atoms with Crippen LogP contribution in [0.4, 0.5) is 0 Å². The molecular formula is C20H15BrCl2N2O4. The highest BCUT2D eigenvalue weighted by atomic mass is 79.9. The number of rotatable bonds is 7. The Morgan fingerprint density at radius 2 is 2.03 bits per heavy atom. The molecule has 6 nitrogen and oxygen atoms in total. The van der Waals surface area contributed by atoms with Crippen molar-refractivity contribution in [3.05, 3.63) is 68.8 Å². The van der Waals surface area contributed by atoms with Crippen molar-refractivity contribution in [2.24, 2.45) is 5.10 Å². The molecular weight excluding hydrogens is 483 g/mol. The van der Waals surface area contributed by atoms with Crippen LogP contribution < -0.4 is 14.9 Å². The van der Waals surface area contributed by atoms with Gasteiger partial charge in [0.1, 0.15) is 23.0 Å². The summed E-state index contributed by atoms with van der Waals surface area (Å²) in [5.41, 5.74) is 3.08. The molecule has 1 heterocycles. The number of benzene rings is 2. The molecule has 0 atom stereocenters. The first-order chi connectivity index (χ1) is 14.0. The maximum atomic E-state index is 11.9. The Morgan fingerprint density at radius 3 is 2.76 bits per heavy atom. The van der Waals surface area contributed by atoms with Crippen molar-refractivity contribution >= 4 is 51.3 Å². The fraction of sp³-hybridized carbons (Fsp3) is 0.100. The molecule has 0 aliphatic heterocycles. The van der Waals surface area contributed by atoms with Crippen LogP contribution in [0.5, 0.6) is 11.5 Å². The van der Waals surface area contributed by atoms with Crippen LogP contribution in [0.1, 0.15) is 5.76 Å². The molecule has 0 fully saturated rings. The van der Waals surface area contributed by atoms with E-state index in [1.54, 1.807) is 55.6 Å². The van der Waals surface area contributed by atoms with E-state index < -0.39 is 5.91 Å². The Labute approximate surface area is 185 Å². The summed E-state index contributed by atoms with van der Waals surface area (Å²) in [6.45, 7) is -0.202. The summed E-state index contributed by atoms with van der Waals surface area (Å²) in [5.74, 6) is 1.78. The van der Waals surface area contributed by atoms with Gasteiger partial charge >= 0.3 is 0 Å². The molecule has 0 aliphatic rings. The lowest BCUT2D eigenvalue weighted by atomic mass is 10.2. The van der Waals surface area contributed by atoms with E-state index in [1.165, 1.54) is 6.21 Å². The van der Waals surface area contributed by atoms with Crippen LogP contribution in [0.3, 0.4) is 0 Å². The van der Waals surface area contributed by atoms with E-state index in [0.717, 1.165) is 0 Å². The van der Waals surface area contributed by atoms with Crippen molar-refractivity contribution in [2.45, 2.75) is 0 Å². The molecule has 150 valence electrons. The van der Waals surface area contributed by atoms with Gasteiger partial charge in [0.25, 0.3) is 5.91 Å². The predicted molar refractivity (Wildman–Crippen MR) is 116 cm³/mol. The Hall–Kier alpha value is -2.48. The quantitative estimate of drug-likeness (QED) is 0.343. The van der Waals surface area contributed by atoms with Gasteiger partial charge in [-0.1, -0.05) is 23.2 Å². The fourth-order valence-electron chi connectivity index (χ4n) is 2.33. The van der Waals surface area contributed by atoms with Crippen molar-refractivity contribution in [3.63, 3.8) is 0 Å². The van der Waals surface area contributed by atoms with E-state index in [-0.39, 0.29) is 6.61 Å². The number of methoxy groups -OCH3 is 1. The Balaban J connectivity index is 1.53. The Kier molecular flexibility index (Phi) is 7.19. The first kappa shape index (κ1) is 21.2. The second-order valence-electron chi connectivity index (χ2n) is 5.70. The number of furan rings is 1. The molecule has 1 N–H and O–H groups in total. The average Bonchev–Trinajstić information content (AvgIpc) is 3.15. The van der Waals surface area contributed by atoms with Crippen molar-refractivity contribution in [1.29, 1.82) is 0 Å². The number of hydrazone groups is 1. The minimum atomic E-state index is -0.420. The summed E-state index contributed by atoms with van der Waals surface area (Å²) in [5, 5.41) is 4.88. The highest BCUT2D eigenvalue weighted by Crippen LogP contribution is 2.31. The third-order valence-electron chi connectivity index (χ3n) is 3.70. The number of hydrogen-bond donors (Lipinski definition) is 1. The molecule has 29 heavy (non-hydrogen) atoms. The molecule has 0 saturated heterocycles. The minimum Gasteiger partial charge on any atom is -0.497 e. The lowest BCUT2D eigenvalue weighted by Gasteiger charge is -2.08. The molecule has 1 amide bonds. The zero-order valence-corrected chi connectivity index (χ0v) is 18.2. The fourth-order valence-corrected chi connectivity index (χ4v) is 3.30. The van der Waals surface area contributed by atoms with Crippen LogP contribution in [0.15, 0.2) is 62.5 Å². The van der Waals surface area contributed by atoms with Gasteiger partial charge in [-0.2, -0.15) is 5.10 Å². The zero-order valence-electron chi connectivity index (χ0n) is 15.1. The van der Waals surface area contributed by atoms with Gasteiger partial charge in [-0.3, -0.25) is 4.79 Å². The van der Waals surface area contributed by atoms with Crippen molar-refractivity contribution in [1.82, 2.24) is 5.43 Å². The summed E-state index contributed by atoms with van der Waals surface area (Å²) in [7, 11) is 1.57. The second-order valence-corrected chi connectivity index (χ2v) is 7.40. The van der Waals surface area contributed by atoms with Gasteiger partial charge in [-0.25, -0.2) is 5.43 Å². The van der Waals surface area contributed by atoms with E-state index in [1.807, 2.05) is 0 Å². The topological polar surface area (TPSA) is 73.1 Å². The molecule has 1 aromatic heterocycles. The van der Waals surface area contributed by atoms with E-state index in [9.17, 15) is 4.79 Å². The highest BCUT2D eigenvalue weighted by molar-refractivity contribution is 9.10. The number of carbonyl (C=O) groups excluding carboxylic acids is 1. The summed E-state index contributed by atoms with van der Waals surface area (Å²) < 4.78 is 16.9.